The molecule has 1 saturated heterocycles. The van der Waals surface area contributed by atoms with Gasteiger partial charge in [-0.3, -0.25) is 9.78 Å². The van der Waals surface area contributed by atoms with Crippen LogP contribution in [0.5, 0.6) is 0 Å². The summed E-state index contributed by atoms with van der Waals surface area (Å²) in [5.74, 6) is 0.180. The maximum atomic E-state index is 12.2. The standard InChI is InChI=1S/C22H29N3O/c1-17-7-5-8-19(15-17)16-22-21(10-6-14-25(22)18(2)26)24-13-11-20-9-3-4-12-23-20/h3-5,7-9,12,15,21-22,24H,6,10-11,13-14,16H2,1-2H3/t21-,22-/m0/s1. The number of amides is 1. The molecule has 0 spiro atoms. The van der Waals surface area contributed by atoms with Gasteiger partial charge in [0.2, 0.25) is 5.91 Å². The molecule has 1 aromatic heterocycles. The molecular weight excluding hydrogens is 322 g/mol. The van der Waals surface area contributed by atoms with Crippen molar-refractivity contribution in [3.8, 4) is 0 Å². The topological polar surface area (TPSA) is 45.2 Å². The van der Waals surface area contributed by atoms with Crippen molar-refractivity contribution < 1.29 is 4.79 Å². The van der Waals surface area contributed by atoms with Crippen LogP contribution in [0.2, 0.25) is 0 Å². The van der Waals surface area contributed by atoms with E-state index in [0.717, 1.165) is 44.5 Å². The Hall–Kier alpha value is -2.20. The molecule has 2 atom stereocenters. The largest absolute Gasteiger partial charge is 0.338 e. The van der Waals surface area contributed by atoms with Gasteiger partial charge in [0, 0.05) is 44.4 Å². The van der Waals surface area contributed by atoms with Crippen LogP contribution < -0.4 is 5.32 Å². The molecule has 2 heterocycles. The van der Waals surface area contributed by atoms with Crippen molar-refractivity contribution in [1.29, 1.82) is 0 Å². The van der Waals surface area contributed by atoms with Gasteiger partial charge in [0.25, 0.3) is 0 Å². The molecule has 4 heteroatoms. The average molecular weight is 351 g/mol. The van der Waals surface area contributed by atoms with Crippen LogP contribution in [0.3, 0.4) is 0 Å². The molecule has 0 radical (unpaired) electrons. The van der Waals surface area contributed by atoms with Gasteiger partial charge in [0.1, 0.15) is 0 Å². The van der Waals surface area contributed by atoms with Gasteiger partial charge >= 0.3 is 0 Å². The summed E-state index contributed by atoms with van der Waals surface area (Å²) in [5, 5.41) is 3.71. The van der Waals surface area contributed by atoms with Gasteiger partial charge in [-0.15, -0.1) is 0 Å². The highest BCUT2D eigenvalue weighted by molar-refractivity contribution is 5.73. The van der Waals surface area contributed by atoms with Gasteiger partial charge < -0.3 is 10.2 Å². The number of aryl methyl sites for hydroxylation is 1. The fraction of sp³-hybridized carbons (Fsp3) is 0.455. The van der Waals surface area contributed by atoms with E-state index in [9.17, 15) is 4.79 Å². The van der Waals surface area contributed by atoms with Gasteiger partial charge in [-0.2, -0.15) is 0 Å². The molecule has 0 saturated carbocycles. The zero-order chi connectivity index (χ0) is 18.4. The van der Waals surface area contributed by atoms with E-state index in [1.54, 1.807) is 6.92 Å². The van der Waals surface area contributed by atoms with Crippen LogP contribution in [0, 0.1) is 6.92 Å². The molecule has 3 rings (SSSR count). The lowest BCUT2D eigenvalue weighted by atomic mass is 9.90. The lowest BCUT2D eigenvalue weighted by Crippen LogP contribution is -2.56. The van der Waals surface area contributed by atoms with Crippen molar-refractivity contribution in [3.05, 3.63) is 65.5 Å². The van der Waals surface area contributed by atoms with Crippen molar-refractivity contribution in [2.24, 2.45) is 0 Å². The summed E-state index contributed by atoms with van der Waals surface area (Å²) in [6.45, 7) is 5.57. The van der Waals surface area contributed by atoms with E-state index in [1.807, 2.05) is 18.3 Å². The van der Waals surface area contributed by atoms with Crippen LogP contribution in [0.25, 0.3) is 0 Å². The Labute approximate surface area is 156 Å². The van der Waals surface area contributed by atoms with Gasteiger partial charge in [0.15, 0.2) is 0 Å². The highest BCUT2D eigenvalue weighted by atomic mass is 16.2. The summed E-state index contributed by atoms with van der Waals surface area (Å²) in [5.41, 5.74) is 3.68. The molecular formula is C22H29N3O. The third-order valence-electron chi connectivity index (χ3n) is 5.22. The second-order valence-corrected chi connectivity index (χ2v) is 7.25. The van der Waals surface area contributed by atoms with Crippen LogP contribution in [0.15, 0.2) is 48.7 Å². The number of pyridine rings is 1. The molecule has 138 valence electrons. The SMILES string of the molecule is CC(=O)N1CCC[C@H](NCCc2ccccn2)[C@@H]1Cc1cccc(C)c1. The summed E-state index contributed by atoms with van der Waals surface area (Å²) in [6.07, 6.45) is 5.83. The number of benzene rings is 1. The Kier molecular flexibility index (Phi) is 6.40. The van der Waals surface area contributed by atoms with Gasteiger partial charge in [-0.05, 0) is 43.9 Å². The molecule has 4 nitrogen and oxygen atoms in total. The molecule has 1 aliphatic rings. The lowest BCUT2D eigenvalue weighted by Gasteiger charge is -2.41. The first-order valence-electron chi connectivity index (χ1n) is 9.59. The molecule has 1 aromatic carbocycles. The van der Waals surface area contributed by atoms with Crippen LogP contribution in [-0.2, 0) is 17.6 Å². The zero-order valence-electron chi connectivity index (χ0n) is 15.8. The number of nitrogens with one attached hydrogen (secondary N) is 1. The van der Waals surface area contributed by atoms with Crippen molar-refractivity contribution in [2.45, 2.75) is 51.6 Å². The molecule has 0 aliphatic carbocycles. The number of hydrogen-bond donors (Lipinski definition) is 1. The minimum absolute atomic E-state index is 0.180. The summed E-state index contributed by atoms with van der Waals surface area (Å²) in [6, 6.07) is 15.2. The van der Waals surface area contributed by atoms with Crippen LogP contribution >= 0.6 is 0 Å². The van der Waals surface area contributed by atoms with Crippen molar-refractivity contribution in [3.63, 3.8) is 0 Å². The van der Waals surface area contributed by atoms with Crippen molar-refractivity contribution in [2.75, 3.05) is 13.1 Å². The molecule has 0 bridgehead atoms. The van der Waals surface area contributed by atoms with E-state index in [1.165, 1.54) is 11.1 Å². The predicted molar refractivity (Wildman–Crippen MR) is 105 cm³/mol. The average Bonchev–Trinajstić information content (AvgIpc) is 2.63. The highest BCUT2D eigenvalue weighted by Crippen LogP contribution is 2.22. The Balaban J connectivity index is 1.67. The Morgan fingerprint density at radius 3 is 2.88 bits per heavy atom. The normalized spacial score (nSPS) is 20.2. The second kappa shape index (κ2) is 8.95. The minimum Gasteiger partial charge on any atom is -0.338 e. The van der Waals surface area contributed by atoms with E-state index < -0.39 is 0 Å². The van der Waals surface area contributed by atoms with E-state index >= 15 is 0 Å². The first-order chi connectivity index (χ1) is 12.6. The number of carbonyl (C=O) groups excluding carboxylic acids is 1. The molecule has 1 N–H and O–H groups in total. The number of aromatic nitrogens is 1. The number of rotatable bonds is 6. The van der Waals surface area contributed by atoms with E-state index in [-0.39, 0.29) is 11.9 Å². The monoisotopic (exact) mass is 351 g/mol. The third-order valence-corrected chi connectivity index (χ3v) is 5.22. The molecule has 1 fully saturated rings. The number of hydrogen-bond acceptors (Lipinski definition) is 3. The minimum atomic E-state index is 0.180. The Morgan fingerprint density at radius 2 is 2.15 bits per heavy atom. The van der Waals surface area contributed by atoms with Crippen LogP contribution in [0.4, 0.5) is 0 Å². The molecule has 1 aliphatic heterocycles. The second-order valence-electron chi connectivity index (χ2n) is 7.25. The fourth-order valence-electron chi connectivity index (χ4n) is 3.95. The number of nitrogens with zero attached hydrogens (tertiary/aromatic N) is 2. The molecule has 0 unspecified atom stereocenters. The summed E-state index contributed by atoms with van der Waals surface area (Å²) in [4.78, 5) is 18.7. The highest BCUT2D eigenvalue weighted by Gasteiger charge is 2.32. The van der Waals surface area contributed by atoms with Crippen molar-refractivity contribution >= 4 is 5.91 Å². The van der Waals surface area contributed by atoms with Crippen LogP contribution in [-0.4, -0.2) is 41.0 Å². The van der Waals surface area contributed by atoms with E-state index in [4.69, 9.17) is 0 Å². The van der Waals surface area contributed by atoms with Gasteiger partial charge in [0.05, 0.1) is 6.04 Å². The third kappa shape index (κ3) is 4.92. The predicted octanol–water partition coefficient (Wildman–Crippen LogP) is 3.14. The van der Waals surface area contributed by atoms with Crippen molar-refractivity contribution in [1.82, 2.24) is 15.2 Å². The quantitative estimate of drug-likeness (QED) is 0.870. The first kappa shape index (κ1) is 18.6. The summed E-state index contributed by atoms with van der Waals surface area (Å²) in [7, 11) is 0. The zero-order valence-corrected chi connectivity index (χ0v) is 15.8. The summed E-state index contributed by atoms with van der Waals surface area (Å²) >= 11 is 0. The van der Waals surface area contributed by atoms with Crippen LogP contribution in [0.1, 0.15) is 36.6 Å². The maximum absolute atomic E-state index is 12.2. The maximum Gasteiger partial charge on any atom is 0.219 e. The van der Waals surface area contributed by atoms with E-state index in [2.05, 4.69) is 52.5 Å². The molecule has 2 aromatic rings. The molecule has 1 amide bonds. The van der Waals surface area contributed by atoms with E-state index in [0.29, 0.717) is 6.04 Å². The van der Waals surface area contributed by atoms with Gasteiger partial charge in [-0.25, -0.2) is 0 Å². The smallest absolute Gasteiger partial charge is 0.219 e. The van der Waals surface area contributed by atoms with Gasteiger partial charge in [-0.1, -0.05) is 35.9 Å². The lowest BCUT2D eigenvalue weighted by molar-refractivity contribution is -0.133. The number of carbonyl (C=O) groups is 1. The molecule has 26 heavy (non-hydrogen) atoms. The number of piperidine rings is 1. The Morgan fingerprint density at radius 1 is 1.27 bits per heavy atom. The fourth-order valence-corrected chi connectivity index (χ4v) is 3.95. The Bertz CT molecular complexity index is 716. The number of likely N-dealkylation sites (tertiary alicyclic amines) is 1. The first-order valence-corrected chi connectivity index (χ1v) is 9.59. The summed E-state index contributed by atoms with van der Waals surface area (Å²) < 4.78 is 0.